The summed E-state index contributed by atoms with van der Waals surface area (Å²) in [5.41, 5.74) is 1.41. The fourth-order valence-corrected chi connectivity index (χ4v) is 3.89. The molecule has 1 saturated heterocycles. The molecule has 1 N–H and O–H groups in total. The molecule has 7 heteroatoms. The molecule has 2 heterocycles. The number of halogens is 2. The number of carbonyl (C=O) groups excluding carboxylic acids is 1. The second-order valence-corrected chi connectivity index (χ2v) is 7.77. The van der Waals surface area contributed by atoms with Gasteiger partial charge in [0.15, 0.2) is 0 Å². The largest absolute Gasteiger partial charge is 0.353 e. The van der Waals surface area contributed by atoms with Crippen LogP contribution < -0.4 is 5.32 Å². The number of nitrogens with zero attached hydrogens (tertiary/aromatic N) is 3. The maximum Gasteiger partial charge on any atom is 0.223 e. The summed E-state index contributed by atoms with van der Waals surface area (Å²) in [5, 5.41) is 3.53. The van der Waals surface area contributed by atoms with E-state index in [-0.39, 0.29) is 29.7 Å². The summed E-state index contributed by atoms with van der Waals surface area (Å²) in [6, 6.07) is 4.70. The van der Waals surface area contributed by atoms with Gasteiger partial charge in [-0.3, -0.25) is 9.69 Å². The third kappa shape index (κ3) is 4.28. The topological polar surface area (TPSA) is 58.1 Å². The number of aromatic nitrogens is 2. The van der Waals surface area contributed by atoms with Crippen LogP contribution in [0.15, 0.2) is 36.9 Å². The van der Waals surface area contributed by atoms with Gasteiger partial charge >= 0.3 is 0 Å². The number of carbonyl (C=O) groups is 1. The van der Waals surface area contributed by atoms with E-state index in [0.717, 1.165) is 44.3 Å². The third-order valence-electron chi connectivity index (χ3n) is 5.34. The molecule has 1 aromatic heterocycles. The molecule has 5 nitrogen and oxygen atoms in total. The first-order valence-corrected chi connectivity index (χ1v) is 9.74. The van der Waals surface area contributed by atoms with Crippen molar-refractivity contribution < 1.29 is 9.18 Å². The maximum absolute atomic E-state index is 14.7. The lowest BCUT2D eigenvalue weighted by molar-refractivity contribution is -0.123. The van der Waals surface area contributed by atoms with E-state index in [1.165, 1.54) is 12.4 Å². The van der Waals surface area contributed by atoms with Crippen molar-refractivity contribution in [3.05, 3.63) is 58.9 Å². The van der Waals surface area contributed by atoms with Gasteiger partial charge in [0.1, 0.15) is 12.1 Å². The van der Waals surface area contributed by atoms with Crippen LogP contribution in [0.2, 0.25) is 5.02 Å². The van der Waals surface area contributed by atoms with Gasteiger partial charge in [-0.1, -0.05) is 17.7 Å². The van der Waals surface area contributed by atoms with Crippen molar-refractivity contribution in [2.75, 3.05) is 13.1 Å². The van der Waals surface area contributed by atoms with E-state index in [9.17, 15) is 9.18 Å². The van der Waals surface area contributed by atoms with Crippen LogP contribution >= 0.6 is 11.6 Å². The van der Waals surface area contributed by atoms with E-state index in [0.29, 0.717) is 10.6 Å². The second-order valence-electron chi connectivity index (χ2n) is 7.33. The molecule has 1 aromatic carbocycles. The summed E-state index contributed by atoms with van der Waals surface area (Å²) >= 11 is 5.93. The number of rotatable bonds is 5. The summed E-state index contributed by atoms with van der Waals surface area (Å²) in [6.07, 6.45) is 8.64. The lowest BCUT2D eigenvalue weighted by Gasteiger charge is -2.38. The van der Waals surface area contributed by atoms with E-state index in [1.807, 2.05) is 0 Å². The van der Waals surface area contributed by atoms with Gasteiger partial charge in [0.05, 0.1) is 6.04 Å². The Morgan fingerprint density at radius 3 is 2.52 bits per heavy atom. The van der Waals surface area contributed by atoms with Gasteiger partial charge in [-0.2, -0.15) is 0 Å². The molecule has 2 aliphatic rings. The van der Waals surface area contributed by atoms with Crippen LogP contribution in [0.25, 0.3) is 0 Å². The van der Waals surface area contributed by atoms with Crippen LogP contribution in [-0.2, 0) is 4.79 Å². The van der Waals surface area contributed by atoms with Gasteiger partial charge in [-0.15, -0.1) is 0 Å². The fraction of sp³-hybridized carbons (Fsp3) is 0.450. The van der Waals surface area contributed by atoms with Crippen LogP contribution in [0.3, 0.4) is 0 Å². The first-order valence-electron chi connectivity index (χ1n) is 9.36. The number of nitrogens with one attached hydrogen (secondary N) is 1. The van der Waals surface area contributed by atoms with Crippen molar-refractivity contribution in [2.45, 2.75) is 37.8 Å². The van der Waals surface area contributed by atoms with E-state index in [1.54, 1.807) is 24.5 Å². The minimum Gasteiger partial charge on any atom is -0.353 e. The molecule has 0 spiro atoms. The predicted octanol–water partition coefficient (Wildman–Crippen LogP) is 3.35. The number of hydrogen-bond acceptors (Lipinski definition) is 4. The summed E-state index contributed by atoms with van der Waals surface area (Å²) < 4.78 is 14.7. The van der Waals surface area contributed by atoms with Gasteiger partial charge in [0.25, 0.3) is 0 Å². The molecular weight excluding hydrogens is 367 g/mol. The van der Waals surface area contributed by atoms with Crippen LogP contribution in [0.5, 0.6) is 0 Å². The van der Waals surface area contributed by atoms with Crippen molar-refractivity contribution in [3.8, 4) is 0 Å². The van der Waals surface area contributed by atoms with E-state index in [2.05, 4.69) is 20.2 Å². The zero-order valence-electron chi connectivity index (χ0n) is 14.9. The number of amides is 1. The van der Waals surface area contributed by atoms with Gasteiger partial charge < -0.3 is 5.32 Å². The highest BCUT2D eigenvalue weighted by Gasteiger charge is 2.33. The fourth-order valence-electron chi connectivity index (χ4n) is 3.73. The monoisotopic (exact) mass is 388 g/mol. The van der Waals surface area contributed by atoms with Gasteiger partial charge in [-0.25, -0.2) is 14.4 Å². The highest BCUT2D eigenvalue weighted by atomic mass is 35.5. The minimum atomic E-state index is -0.333. The molecule has 1 aliphatic carbocycles. The van der Waals surface area contributed by atoms with Crippen molar-refractivity contribution in [1.29, 1.82) is 0 Å². The molecule has 1 saturated carbocycles. The quantitative estimate of drug-likeness (QED) is 0.853. The van der Waals surface area contributed by atoms with Crippen molar-refractivity contribution in [1.82, 2.24) is 20.2 Å². The molecule has 0 radical (unpaired) electrons. The van der Waals surface area contributed by atoms with E-state index < -0.39 is 0 Å². The SMILES string of the molecule is O=C(NC1CCN(C(c2cncnc2)c2ccc(Cl)cc2F)CC1)C1CC1. The van der Waals surface area contributed by atoms with Gasteiger partial charge in [-0.05, 0) is 37.8 Å². The van der Waals surface area contributed by atoms with Crippen molar-refractivity contribution in [3.63, 3.8) is 0 Å². The van der Waals surface area contributed by atoms with Crippen molar-refractivity contribution in [2.24, 2.45) is 5.92 Å². The van der Waals surface area contributed by atoms with Crippen LogP contribution in [0.1, 0.15) is 42.9 Å². The molecule has 1 unspecified atom stereocenters. The predicted molar refractivity (Wildman–Crippen MR) is 101 cm³/mol. The smallest absolute Gasteiger partial charge is 0.223 e. The van der Waals surface area contributed by atoms with Gasteiger partial charge in [0, 0.05) is 53.6 Å². The molecule has 27 heavy (non-hydrogen) atoms. The average molecular weight is 389 g/mol. The molecule has 2 aromatic rings. The zero-order chi connectivity index (χ0) is 18.8. The normalized spacial score (nSPS) is 19.6. The highest BCUT2D eigenvalue weighted by Crippen LogP contribution is 2.33. The molecular formula is C20H22ClFN4O. The lowest BCUT2D eigenvalue weighted by Crippen LogP contribution is -2.46. The van der Waals surface area contributed by atoms with Gasteiger partial charge in [0.2, 0.25) is 5.91 Å². The third-order valence-corrected chi connectivity index (χ3v) is 5.58. The Labute approximate surface area is 163 Å². The molecule has 1 aliphatic heterocycles. The molecule has 1 amide bonds. The number of benzene rings is 1. The summed E-state index contributed by atoms with van der Waals surface area (Å²) in [6.45, 7) is 1.52. The Balaban J connectivity index is 1.52. The van der Waals surface area contributed by atoms with Crippen molar-refractivity contribution >= 4 is 17.5 Å². The first kappa shape index (κ1) is 18.3. The summed E-state index contributed by atoms with van der Waals surface area (Å²) in [4.78, 5) is 22.5. The first-order chi connectivity index (χ1) is 13.1. The zero-order valence-corrected chi connectivity index (χ0v) is 15.7. The van der Waals surface area contributed by atoms with Crippen LogP contribution in [0.4, 0.5) is 4.39 Å². The van der Waals surface area contributed by atoms with E-state index >= 15 is 0 Å². The number of piperidine rings is 1. The average Bonchev–Trinajstić information content (AvgIpc) is 3.51. The summed E-state index contributed by atoms with van der Waals surface area (Å²) in [5.74, 6) is 0.0751. The maximum atomic E-state index is 14.7. The van der Waals surface area contributed by atoms with Crippen LogP contribution in [-0.4, -0.2) is 39.9 Å². The van der Waals surface area contributed by atoms with Crippen LogP contribution in [0, 0.1) is 11.7 Å². The molecule has 142 valence electrons. The Bertz CT molecular complexity index is 807. The number of likely N-dealkylation sites (tertiary alicyclic amines) is 1. The highest BCUT2D eigenvalue weighted by molar-refractivity contribution is 6.30. The number of hydrogen-bond donors (Lipinski definition) is 1. The Morgan fingerprint density at radius 2 is 1.89 bits per heavy atom. The molecule has 4 rings (SSSR count). The molecule has 2 fully saturated rings. The minimum absolute atomic E-state index is 0.185. The lowest BCUT2D eigenvalue weighted by atomic mass is 9.95. The standard InChI is InChI=1S/C20H22ClFN4O/c21-15-3-4-17(18(22)9-15)19(14-10-23-12-24-11-14)26-7-5-16(6-8-26)25-20(27)13-1-2-13/h3-4,9-13,16,19H,1-2,5-8H2,(H,25,27). The van der Waals surface area contributed by atoms with E-state index in [4.69, 9.17) is 11.6 Å². The molecule has 1 atom stereocenters. The second kappa shape index (κ2) is 7.90. The molecule has 0 bridgehead atoms. The summed E-state index contributed by atoms with van der Waals surface area (Å²) in [7, 11) is 0. The Hall–Kier alpha value is -2.05. The Kier molecular flexibility index (Phi) is 5.36. The Morgan fingerprint density at radius 1 is 1.19 bits per heavy atom.